The molecule has 0 radical (unpaired) electrons. The molecular weight excluding hydrogens is 384 g/mol. The second kappa shape index (κ2) is 10.2. The molecule has 0 aliphatic heterocycles. The van der Waals surface area contributed by atoms with Gasteiger partial charge in [-0.2, -0.15) is 0 Å². The van der Waals surface area contributed by atoms with Crippen molar-refractivity contribution in [1.29, 1.82) is 0 Å². The predicted molar refractivity (Wildman–Crippen MR) is 119 cm³/mol. The Morgan fingerprint density at radius 1 is 0.862 bits per heavy atom. The van der Waals surface area contributed by atoms with Crippen molar-refractivity contribution in [3.05, 3.63) is 90.5 Å². The van der Waals surface area contributed by atoms with E-state index < -0.39 is 0 Å². The van der Waals surface area contributed by atoms with Crippen LogP contribution in [0.3, 0.4) is 0 Å². The second-order valence-corrected chi connectivity index (χ2v) is 6.55. The van der Waals surface area contributed by atoms with E-state index in [4.69, 9.17) is 21.7 Å². The van der Waals surface area contributed by atoms with Crippen molar-refractivity contribution in [1.82, 2.24) is 5.32 Å². The quantitative estimate of drug-likeness (QED) is 0.468. The van der Waals surface area contributed by atoms with E-state index in [1.807, 2.05) is 66.7 Å². The highest BCUT2D eigenvalue weighted by Gasteiger charge is 2.16. The molecule has 3 aromatic carbocycles. The molecule has 0 aliphatic carbocycles. The number of ether oxygens (including phenoxy) is 2. The molecule has 1 N–H and O–H groups in total. The minimum absolute atomic E-state index is 0.309. The van der Waals surface area contributed by atoms with Gasteiger partial charge in [0.05, 0.1) is 5.56 Å². The van der Waals surface area contributed by atoms with Crippen molar-refractivity contribution < 1.29 is 14.3 Å². The number of thiocarbonyl (C=S) groups is 1. The number of carbonyl (C=O) groups excluding carboxylic acids is 1. The Morgan fingerprint density at radius 2 is 1.45 bits per heavy atom. The average molecular weight is 407 g/mol. The molecule has 0 heterocycles. The molecule has 0 saturated heterocycles. The normalized spacial score (nSPS) is 10.1. The Hall–Kier alpha value is -3.38. The number of anilines is 1. The summed E-state index contributed by atoms with van der Waals surface area (Å²) in [6.45, 7) is 0.683. The maximum Gasteiger partial charge on any atom is 0.261 e. The Kier molecular flexibility index (Phi) is 7.19. The second-order valence-electron chi connectivity index (χ2n) is 6.16. The number of hydrogen-bond donors (Lipinski definition) is 1. The lowest BCUT2D eigenvalue weighted by Gasteiger charge is -2.21. The lowest BCUT2D eigenvalue weighted by atomic mass is 10.2. The van der Waals surface area contributed by atoms with Crippen LogP contribution in [0.4, 0.5) is 5.69 Å². The number of nitrogens with zero attached hydrogens (tertiary/aromatic N) is 1. The van der Waals surface area contributed by atoms with E-state index in [0.717, 1.165) is 11.4 Å². The average Bonchev–Trinajstić information content (AvgIpc) is 2.77. The highest BCUT2D eigenvalue weighted by atomic mass is 32.1. The van der Waals surface area contributed by atoms with E-state index in [1.165, 1.54) is 0 Å². The summed E-state index contributed by atoms with van der Waals surface area (Å²) in [5.41, 5.74) is 1.30. The summed E-state index contributed by atoms with van der Waals surface area (Å²) in [6, 6.07) is 26.2. The SMILES string of the molecule is CN(C(=S)NC(=O)c1ccccc1OCCOc1ccccc1)c1ccccc1. The summed E-state index contributed by atoms with van der Waals surface area (Å²) >= 11 is 5.37. The first-order chi connectivity index (χ1) is 14.1. The first kappa shape index (κ1) is 20.4. The fourth-order valence-electron chi connectivity index (χ4n) is 2.63. The van der Waals surface area contributed by atoms with Gasteiger partial charge in [0.15, 0.2) is 5.11 Å². The fourth-order valence-corrected chi connectivity index (χ4v) is 2.82. The van der Waals surface area contributed by atoms with Crippen LogP contribution >= 0.6 is 12.2 Å². The molecule has 3 rings (SSSR count). The van der Waals surface area contributed by atoms with Crippen LogP contribution in [0.2, 0.25) is 0 Å². The first-order valence-electron chi connectivity index (χ1n) is 9.19. The number of nitrogens with one attached hydrogen (secondary N) is 1. The zero-order valence-electron chi connectivity index (χ0n) is 16.1. The summed E-state index contributed by atoms with van der Waals surface area (Å²) in [5, 5.41) is 3.07. The van der Waals surface area contributed by atoms with Crippen molar-refractivity contribution in [2.24, 2.45) is 0 Å². The van der Waals surface area contributed by atoms with E-state index >= 15 is 0 Å². The largest absolute Gasteiger partial charge is 0.490 e. The van der Waals surface area contributed by atoms with Gasteiger partial charge in [-0.25, -0.2) is 0 Å². The summed E-state index contributed by atoms with van der Waals surface area (Å²) in [6.07, 6.45) is 0. The number of amides is 1. The molecule has 1 amide bonds. The Bertz CT molecular complexity index is 949. The Balaban J connectivity index is 1.57. The Morgan fingerprint density at radius 3 is 2.17 bits per heavy atom. The number of hydrogen-bond acceptors (Lipinski definition) is 4. The molecule has 0 spiro atoms. The van der Waals surface area contributed by atoms with Crippen LogP contribution in [0.25, 0.3) is 0 Å². The van der Waals surface area contributed by atoms with Gasteiger partial charge in [-0.1, -0.05) is 48.5 Å². The smallest absolute Gasteiger partial charge is 0.261 e. The molecule has 0 aromatic heterocycles. The van der Waals surface area contributed by atoms with E-state index in [1.54, 1.807) is 30.1 Å². The maximum atomic E-state index is 12.7. The number of carbonyl (C=O) groups is 1. The molecule has 0 atom stereocenters. The summed E-state index contributed by atoms with van der Waals surface area (Å²) in [5.74, 6) is 0.931. The van der Waals surface area contributed by atoms with Gasteiger partial charge in [-0.05, 0) is 48.6 Å². The molecule has 0 saturated carbocycles. The molecule has 5 nitrogen and oxygen atoms in total. The van der Waals surface area contributed by atoms with Crippen molar-refractivity contribution in [2.45, 2.75) is 0 Å². The van der Waals surface area contributed by atoms with Crippen molar-refractivity contribution >= 4 is 28.9 Å². The van der Waals surface area contributed by atoms with Gasteiger partial charge in [-0.3, -0.25) is 10.1 Å². The minimum atomic E-state index is -0.322. The molecular formula is C23H22N2O3S. The van der Waals surface area contributed by atoms with Gasteiger partial charge in [0, 0.05) is 12.7 Å². The molecule has 0 aliphatic rings. The summed E-state index contributed by atoms with van der Waals surface area (Å²) in [7, 11) is 1.81. The standard InChI is InChI=1S/C23H22N2O3S/c1-25(18-10-4-2-5-11-18)23(29)24-22(26)20-14-8-9-15-21(20)28-17-16-27-19-12-6-3-7-13-19/h2-15H,16-17H2,1H3,(H,24,26,29). The van der Waals surface area contributed by atoms with Crippen LogP contribution in [-0.4, -0.2) is 31.3 Å². The summed E-state index contributed by atoms with van der Waals surface area (Å²) in [4.78, 5) is 14.5. The first-order valence-corrected chi connectivity index (χ1v) is 9.60. The molecule has 0 bridgehead atoms. The maximum absolute atomic E-state index is 12.7. The van der Waals surface area contributed by atoms with Gasteiger partial charge in [0.1, 0.15) is 24.7 Å². The van der Waals surface area contributed by atoms with E-state index in [-0.39, 0.29) is 5.91 Å². The topological polar surface area (TPSA) is 50.8 Å². The fraction of sp³-hybridized carbons (Fsp3) is 0.130. The monoisotopic (exact) mass is 406 g/mol. The number of para-hydroxylation sites is 3. The summed E-state index contributed by atoms with van der Waals surface area (Å²) < 4.78 is 11.4. The van der Waals surface area contributed by atoms with E-state index in [2.05, 4.69) is 5.32 Å². The van der Waals surface area contributed by atoms with Gasteiger partial charge in [0.2, 0.25) is 0 Å². The molecule has 3 aromatic rings. The van der Waals surface area contributed by atoms with Gasteiger partial charge in [-0.15, -0.1) is 0 Å². The molecule has 148 valence electrons. The zero-order valence-corrected chi connectivity index (χ0v) is 16.9. The molecule has 0 unspecified atom stereocenters. The van der Waals surface area contributed by atoms with E-state index in [0.29, 0.717) is 29.6 Å². The molecule has 0 fully saturated rings. The van der Waals surface area contributed by atoms with Crippen molar-refractivity contribution in [2.75, 3.05) is 25.2 Å². The van der Waals surface area contributed by atoms with E-state index in [9.17, 15) is 4.79 Å². The van der Waals surface area contributed by atoms with Crippen LogP contribution in [0.5, 0.6) is 11.5 Å². The lowest BCUT2D eigenvalue weighted by Crippen LogP contribution is -2.40. The zero-order chi connectivity index (χ0) is 20.5. The van der Waals surface area contributed by atoms with Crippen molar-refractivity contribution in [3.8, 4) is 11.5 Å². The molecule has 6 heteroatoms. The molecule has 29 heavy (non-hydrogen) atoms. The highest BCUT2D eigenvalue weighted by molar-refractivity contribution is 7.80. The van der Waals surface area contributed by atoms with Gasteiger partial charge < -0.3 is 14.4 Å². The third-order valence-corrected chi connectivity index (χ3v) is 4.53. The minimum Gasteiger partial charge on any atom is -0.490 e. The van der Waals surface area contributed by atoms with Gasteiger partial charge in [0.25, 0.3) is 5.91 Å². The van der Waals surface area contributed by atoms with Crippen LogP contribution < -0.4 is 19.7 Å². The Labute approximate surface area is 175 Å². The number of benzene rings is 3. The lowest BCUT2D eigenvalue weighted by molar-refractivity contribution is 0.0972. The van der Waals surface area contributed by atoms with Crippen LogP contribution in [0, 0.1) is 0 Å². The third-order valence-electron chi connectivity index (χ3n) is 4.15. The number of rotatable bonds is 7. The third kappa shape index (κ3) is 5.80. The van der Waals surface area contributed by atoms with Crippen LogP contribution in [0.1, 0.15) is 10.4 Å². The van der Waals surface area contributed by atoms with Gasteiger partial charge >= 0.3 is 0 Å². The predicted octanol–water partition coefficient (Wildman–Crippen LogP) is 4.30. The van der Waals surface area contributed by atoms with Crippen LogP contribution in [-0.2, 0) is 0 Å². The highest BCUT2D eigenvalue weighted by Crippen LogP contribution is 2.19. The van der Waals surface area contributed by atoms with Crippen LogP contribution in [0.15, 0.2) is 84.9 Å². The van der Waals surface area contributed by atoms with Crippen molar-refractivity contribution in [3.63, 3.8) is 0 Å².